The monoisotopic (exact) mass is 383 g/mol. The number of benzene rings is 2. The number of carbonyl (C=O) groups is 1. The number of halogens is 1. The average molecular weight is 383 g/mol. The van der Waals surface area contributed by atoms with Gasteiger partial charge in [0.05, 0.1) is 18.4 Å². The van der Waals surface area contributed by atoms with Gasteiger partial charge in [-0.2, -0.15) is 0 Å². The second kappa shape index (κ2) is 8.09. The molecular weight excluding hydrogens is 365 g/mol. The molecule has 0 atom stereocenters. The van der Waals surface area contributed by atoms with Crippen molar-refractivity contribution < 1.29 is 13.9 Å². The molecule has 0 spiro atoms. The van der Waals surface area contributed by atoms with E-state index in [0.29, 0.717) is 34.1 Å². The summed E-state index contributed by atoms with van der Waals surface area (Å²) in [5, 5.41) is 7.12. The Labute approximate surface area is 161 Å². The molecule has 0 radical (unpaired) electrons. The van der Waals surface area contributed by atoms with Gasteiger partial charge in [0.25, 0.3) is 0 Å². The zero-order valence-corrected chi connectivity index (χ0v) is 15.7. The highest BCUT2D eigenvalue weighted by Gasteiger charge is 2.15. The van der Waals surface area contributed by atoms with Crippen LogP contribution in [0.3, 0.4) is 0 Å². The number of methoxy groups -OCH3 is 1. The highest BCUT2D eigenvalue weighted by Crippen LogP contribution is 2.34. The van der Waals surface area contributed by atoms with Gasteiger partial charge in [0.15, 0.2) is 17.1 Å². The second-order valence-corrected chi connectivity index (χ2v) is 6.32. The summed E-state index contributed by atoms with van der Waals surface area (Å²) in [6, 6.07) is 9.99. The van der Waals surface area contributed by atoms with Crippen LogP contribution in [0.5, 0.6) is 5.75 Å². The van der Waals surface area contributed by atoms with Crippen LogP contribution in [0.1, 0.15) is 21.5 Å². The first-order valence-corrected chi connectivity index (χ1v) is 8.64. The van der Waals surface area contributed by atoms with Gasteiger partial charge in [-0.1, -0.05) is 12.1 Å². The lowest BCUT2D eigenvalue weighted by Gasteiger charge is -2.15. The van der Waals surface area contributed by atoms with Crippen LogP contribution in [0.15, 0.2) is 42.6 Å². The first kappa shape index (κ1) is 18.7. The Bertz CT molecular complexity index is 1010. The molecule has 0 aliphatic carbocycles. The smallest absolute Gasteiger partial charge is 0.170 e. The van der Waals surface area contributed by atoms with Crippen LogP contribution in [-0.2, 0) is 6.42 Å². The Kier molecular flexibility index (Phi) is 5.61. The molecule has 27 heavy (non-hydrogen) atoms. The van der Waals surface area contributed by atoms with E-state index in [0.717, 1.165) is 22.8 Å². The fourth-order valence-corrected chi connectivity index (χ4v) is 2.96. The zero-order valence-electron chi connectivity index (χ0n) is 14.9. The summed E-state index contributed by atoms with van der Waals surface area (Å²) in [6.45, 7) is 0. The topological polar surface area (TPSA) is 63.2 Å². The third-order valence-electron chi connectivity index (χ3n) is 4.14. The number of ether oxygens (including phenoxy) is 1. The number of thiocarbonyl (C=S) groups is 1. The molecule has 0 bridgehead atoms. The number of carbonyl (C=O) groups excluding carboxylic acids is 1. The van der Waals surface area contributed by atoms with Gasteiger partial charge in [-0.05, 0) is 54.0 Å². The molecule has 1 heterocycles. The third kappa shape index (κ3) is 4.03. The maximum absolute atomic E-state index is 13.1. The molecule has 0 saturated carbocycles. The summed E-state index contributed by atoms with van der Waals surface area (Å²) >= 11 is 5.19. The number of aldehydes is 1. The molecule has 2 aromatic carbocycles. The third-order valence-corrected chi connectivity index (χ3v) is 4.45. The number of nitrogens with one attached hydrogen (secondary N) is 2. The van der Waals surface area contributed by atoms with Crippen molar-refractivity contribution in [1.29, 1.82) is 0 Å². The standard InChI is InChI=1S/C20H18FN3O2S/c1-22-20(27)24-17-9-14(11-25)19(26-2)18-16(17)8-13(10-23-18)7-12-3-5-15(21)6-4-12/h3-6,8-11H,7H2,1-2H3,(H2,22,24,27). The van der Waals surface area contributed by atoms with Gasteiger partial charge in [-0.15, -0.1) is 0 Å². The van der Waals surface area contributed by atoms with Crippen LogP contribution in [0.25, 0.3) is 10.9 Å². The fourth-order valence-electron chi connectivity index (χ4n) is 2.85. The molecule has 0 amide bonds. The molecule has 0 unspecified atom stereocenters. The molecule has 7 heteroatoms. The molecule has 138 valence electrons. The number of pyridine rings is 1. The first-order valence-electron chi connectivity index (χ1n) is 8.23. The van der Waals surface area contributed by atoms with E-state index in [1.54, 1.807) is 31.4 Å². The number of hydrogen-bond donors (Lipinski definition) is 2. The minimum Gasteiger partial charge on any atom is -0.494 e. The van der Waals surface area contributed by atoms with Crippen molar-refractivity contribution >= 4 is 40.2 Å². The Balaban J connectivity index is 2.11. The largest absolute Gasteiger partial charge is 0.494 e. The summed E-state index contributed by atoms with van der Waals surface area (Å²) in [5.41, 5.74) is 3.50. The molecule has 0 aliphatic heterocycles. The molecule has 3 rings (SSSR count). The van der Waals surface area contributed by atoms with Crippen molar-refractivity contribution in [2.75, 3.05) is 19.5 Å². The SMILES string of the molecule is CNC(=S)Nc1cc(C=O)c(OC)c2ncc(Cc3ccc(F)cc3)cc12. The second-order valence-electron chi connectivity index (χ2n) is 5.91. The number of hydrogen-bond acceptors (Lipinski definition) is 4. The summed E-state index contributed by atoms with van der Waals surface area (Å²) < 4.78 is 18.5. The number of fused-ring (bicyclic) bond motifs is 1. The van der Waals surface area contributed by atoms with Crippen molar-refractivity contribution in [3.63, 3.8) is 0 Å². The summed E-state index contributed by atoms with van der Waals surface area (Å²) in [4.78, 5) is 16.0. The van der Waals surface area contributed by atoms with Crippen LogP contribution < -0.4 is 15.4 Å². The number of nitrogens with zero attached hydrogens (tertiary/aromatic N) is 1. The fraction of sp³-hybridized carbons (Fsp3) is 0.150. The Morgan fingerprint density at radius 2 is 2.00 bits per heavy atom. The minimum absolute atomic E-state index is 0.270. The predicted octanol–water partition coefficient (Wildman–Crippen LogP) is 3.70. The van der Waals surface area contributed by atoms with E-state index >= 15 is 0 Å². The van der Waals surface area contributed by atoms with E-state index < -0.39 is 0 Å². The molecule has 0 fully saturated rings. The molecular formula is C20H18FN3O2S. The lowest BCUT2D eigenvalue weighted by atomic mass is 10.0. The molecule has 0 saturated heterocycles. The van der Waals surface area contributed by atoms with Crippen LogP contribution in [0.4, 0.5) is 10.1 Å². The number of rotatable bonds is 5. The van der Waals surface area contributed by atoms with Gasteiger partial charge in [0.1, 0.15) is 11.3 Å². The Hall–Kier alpha value is -3.06. The van der Waals surface area contributed by atoms with Crippen molar-refractivity contribution in [3.05, 3.63) is 65.1 Å². The lowest BCUT2D eigenvalue weighted by molar-refractivity contribution is 0.112. The van der Waals surface area contributed by atoms with Crippen molar-refractivity contribution in [3.8, 4) is 5.75 Å². The summed E-state index contributed by atoms with van der Waals surface area (Å²) in [5.74, 6) is 0.142. The van der Waals surface area contributed by atoms with Crippen molar-refractivity contribution in [1.82, 2.24) is 10.3 Å². The van der Waals surface area contributed by atoms with Crippen LogP contribution >= 0.6 is 12.2 Å². The van der Waals surface area contributed by atoms with E-state index in [4.69, 9.17) is 17.0 Å². The van der Waals surface area contributed by atoms with Gasteiger partial charge in [-0.25, -0.2) is 4.39 Å². The van der Waals surface area contributed by atoms with Gasteiger partial charge in [0, 0.05) is 18.6 Å². The number of anilines is 1. The number of aromatic nitrogens is 1. The zero-order chi connectivity index (χ0) is 19.4. The van der Waals surface area contributed by atoms with Crippen LogP contribution in [-0.4, -0.2) is 30.5 Å². The lowest BCUT2D eigenvalue weighted by Crippen LogP contribution is -2.24. The molecule has 1 aromatic heterocycles. The van der Waals surface area contributed by atoms with E-state index in [1.165, 1.54) is 19.2 Å². The summed E-state index contributed by atoms with van der Waals surface area (Å²) in [7, 11) is 3.21. The molecule has 0 aliphatic rings. The van der Waals surface area contributed by atoms with Crippen molar-refractivity contribution in [2.45, 2.75) is 6.42 Å². The van der Waals surface area contributed by atoms with Crippen LogP contribution in [0.2, 0.25) is 0 Å². The highest BCUT2D eigenvalue weighted by molar-refractivity contribution is 7.80. The maximum Gasteiger partial charge on any atom is 0.170 e. The molecule has 5 nitrogen and oxygen atoms in total. The van der Waals surface area contributed by atoms with Gasteiger partial charge in [-0.3, -0.25) is 9.78 Å². The predicted molar refractivity (Wildman–Crippen MR) is 108 cm³/mol. The van der Waals surface area contributed by atoms with Gasteiger partial charge >= 0.3 is 0 Å². The molecule has 2 N–H and O–H groups in total. The minimum atomic E-state index is -0.270. The first-order chi connectivity index (χ1) is 13.0. The average Bonchev–Trinajstić information content (AvgIpc) is 2.69. The molecule has 3 aromatic rings. The Morgan fingerprint density at radius 1 is 1.26 bits per heavy atom. The van der Waals surface area contributed by atoms with E-state index in [1.807, 2.05) is 6.07 Å². The van der Waals surface area contributed by atoms with E-state index in [2.05, 4.69) is 15.6 Å². The van der Waals surface area contributed by atoms with Crippen molar-refractivity contribution in [2.24, 2.45) is 0 Å². The normalized spacial score (nSPS) is 10.5. The maximum atomic E-state index is 13.1. The van der Waals surface area contributed by atoms with Crippen LogP contribution in [0, 0.1) is 5.82 Å². The Morgan fingerprint density at radius 3 is 2.63 bits per heavy atom. The van der Waals surface area contributed by atoms with E-state index in [9.17, 15) is 9.18 Å². The summed E-state index contributed by atoms with van der Waals surface area (Å²) in [6.07, 6.45) is 3.04. The highest BCUT2D eigenvalue weighted by atomic mass is 32.1. The van der Waals surface area contributed by atoms with Gasteiger partial charge in [0.2, 0.25) is 0 Å². The van der Waals surface area contributed by atoms with Gasteiger partial charge < -0.3 is 15.4 Å². The van der Waals surface area contributed by atoms with E-state index in [-0.39, 0.29) is 5.82 Å². The quantitative estimate of drug-likeness (QED) is 0.517.